The summed E-state index contributed by atoms with van der Waals surface area (Å²) in [6, 6.07) is 0.434. The highest BCUT2D eigenvalue weighted by Gasteiger charge is 2.22. The molecule has 0 spiro atoms. The van der Waals surface area contributed by atoms with Gasteiger partial charge in [-0.25, -0.2) is 0 Å². The molecule has 1 atom stereocenters. The number of aliphatic hydroxyl groups excluding tert-OH is 1. The van der Waals surface area contributed by atoms with Crippen LogP contribution in [0.1, 0.15) is 34.1 Å². The summed E-state index contributed by atoms with van der Waals surface area (Å²) in [7, 11) is 0. The molecular weight excluding hydrogens is 182 g/mol. The van der Waals surface area contributed by atoms with Gasteiger partial charge in [-0.15, -0.1) is 0 Å². The molecule has 3 heteroatoms. The molecule has 0 aromatic rings. The summed E-state index contributed by atoms with van der Waals surface area (Å²) in [5.74, 6) is 2.27. The third-order valence-electron chi connectivity index (χ3n) is 1.99. The second-order valence-corrected chi connectivity index (χ2v) is 5.36. The molecule has 0 saturated heterocycles. The molecule has 13 heavy (non-hydrogen) atoms. The largest absolute Gasteiger partial charge is 0.394 e. The monoisotopic (exact) mass is 205 g/mol. The van der Waals surface area contributed by atoms with Crippen molar-refractivity contribution in [2.24, 2.45) is 0 Å². The molecule has 2 nitrogen and oxygen atoms in total. The number of hydrogen-bond donors (Lipinski definition) is 2. The zero-order chi connectivity index (χ0) is 10.3. The van der Waals surface area contributed by atoms with E-state index in [0.717, 1.165) is 17.9 Å². The Morgan fingerprint density at radius 3 is 2.46 bits per heavy atom. The van der Waals surface area contributed by atoms with Gasteiger partial charge in [0.2, 0.25) is 0 Å². The summed E-state index contributed by atoms with van der Waals surface area (Å²) in [6.45, 7) is 8.69. The fraction of sp³-hybridized carbons (Fsp3) is 1.00. The van der Waals surface area contributed by atoms with E-state index in [1.54, 1.807) is 0 Å². The highest BCUT2D eigenvalue weighted by Crippen LogP contribution is 2.14. The van der Waals surface area contributed by atoms with Gasteiger partial charge in [-0.1, -0.05) is 20.8 Å². The van der Waals surface area contributed by atoms with Crippen molar-refractivity contribution in [3.63, 3.8) is 0 Å². The fourth-order valence-corrected chi connectivity index (χ4v) is 2.22. The SMILES string of the molecule is CCSCCC(C)(CO)NC(C)C. The molecule has 0 aliphatic rings. The minimum absolute atomic E-state index is 0.101. The van der Waals surface area contributed by atoms with E-state index in [-0.39, 0.29) is 12.1 Å². The van der Waals surface area contributed by atoms with Gasteiger partial charge in [0.15, 0.2) is 0 Å². The Hall–Kier alpha value is 0.270. The van der Waals surface area contributed by atoms with Gasteiger partial charge in [0.25, 0.3) is 0 Å². The van der Waals surface area contributed by atoms with Crippen molar-refractivity contribution in [2.75, 3.05) is 18.1 Å². The predicted octanol–water partition coefficient (Wildman–Crippen LogP) is 1.88. The van der Waals surface area contributed by atoms with Crippen LogP contribution < -0.4 is 5.32 Å². The van der Waals surface area contributed by atoms with Crippen LogP contribution in [0, 0.1) is 0 Å². The number of aliphatic hydroxyl groups is 1. The zero-order valence-electron chi connectivity index (χ0n) is 9.26. The predicted molar refractivity (Wildman–Crippen MR) is 61.4 cm³/mol. The second-order valence-electron chi connectivity index (χ2n) is 3.96. The molecular formula is C10H23NOS. The van der Waals surface area contributed by atoms with Crippen molar-refractivity contribution < 1.29 is 5.11 Å². The Morgan fingerprint density at radius 2 is 2.08 bits per heavy atom. The van der Waals surface area contributed by atoms with Gasteiger partial charge in [0.05, 0.1) is 6.61 Å². The smallest absolute Gasteiger partial charge is 0.0610 e. The highest BCUT2D eigenvalue weighted by molar-refractivity contribution is 7.99. The lowest BCUT2D eigenvalue weighted by Crippen LogP contribution is -2.49. The molecule has 0 saturated carbocycles. The maximum absolute atomic E-state index is 9.26. The number of thioether (sulfide) groups is 1. The van der Waals surface area contributed by atoms with Gasteiger partial charge in [-0.3, -0.25) is 0 Å². The van der Waals surface area contributed by atoms with Crippen LogP contribution >= 0.6 is 11.8 Å². The number of nitrogens with one attached hydrogen (secondary N) is 1. The van der Waals surface area contributed by atoms with Crippen LogP contribution in [-0.2, 0) is 0 Å². The first-order valence-electron chi connectivity index (χ1n) is 5.00. The van der Waals surface area contributed by atoms with Crippen molar-refractivity contribution in [1.82, 2.24) is 5.32 Å². The van der Waals surface area contributed by atoms with Crippen molar-refractivity contribution >= 4 is 11.8 Å². The molecule has 0 amide bonds. The third-order valence-corrected chi connectivity index (χ3v) is 2.89. The van der Waals surface area contributed by atoms with Crippen LogP contribution in [-0.4, -0.2) is 34.8 Å². The van der Waals surface area contributed by atoms with Crippen LogP contribution in [0.2, 0.25) is 0 Å². The first-order chi connectivity index (χ1) is 6.04. The topological polar surface area (TPSA) is 32.3 Å². The molecule has 0 bridgehead atoms. The highest BCUT2D eigenvalue weighted by atomic mass is 32.2. The van der Waals surface area contributed by atoms with E-state index in [0.29, 0.717) is 6.04 Å². The molecule has 0 heterocycles. The fourth-order valence-electron chi connectivity index (χ4n) is 1.34. The van der Waals surface area contributed by atoms with E-state index in [1.807, 2.05) is 11.8 Å². The average Bonchev–Trinajstić information content (AvgIpc) is 2.04. The van der Waals surface area contributed by atoms with Gasteiger partial charge in [-0.2, -0.15) is 11.8 Å². The van der Waals surface area contributed by atoms with E-state index in [1.165, 1.54) is 0 Å². The molecule has 0 rings (SSSR count). The van der Waals surface area contributed by atoms with Crippen LogP contribution in [0.4, 0.5) is 0 Å². The van der Waals surface area contributed by atoms with Crippen LogP contribution in [0.5, 0.6) is 0 Å². The molecule has 1 unspecified atom stereocenters. The van der Waals surface area contributed by atoms with Gasteiger partial charge >= 0.3 is 0 Å². The van der Waals surface area contributed by atoms with Gasteiger partial charge in [0.1, 0.15) is 0 Å². The third kappa shape index (κ3) is 6.36. The van der Waals surface area contributed by atoms with Gasteiger partial charge < -0.3 is 10.4 Å². The van der Waals surface area contributed by atoms with Crippen LogP contribution in [0.25, 0.3) is 0 Å². The number of rotatable bonds is 7. The van der Waals surface area contributed by atoms with Gasteiger partial charge in [0, 0.05) is 11.6 Å². The van der Waals surface area contributed by atoms with E-state index >= 15 is 0 Å². The zero-order valence-corrected chi connectivity index (χ0v) is 10.1. The average molecular weight is 205 g/mol. The summed E-state index contributed by atoms with van der Waals surface area (Å²) in [5.41, 5.74) is -0.101. The maximum Gasteiger partial charge on any atom is 0.0610 e. The van der Waals surface area contributed by atoms with Crippen LogP contribution in [0.15, 0.2) is 0 Å². The minimum Gasteiger partial charge on any atom is -0.394 e. The first-order valence-corrected chi connectivity index (χ1v) is 6.16. The standard InChI is InChI=1S/C10H23NOS/c1-5-13-7-6-10(4,8-12)11-9(2)3/h9,11-12H,5-8H2,1-4H3. The maximum atomic E-state index is 9.26. The Kier molecular flexibility index (Phi) is 6.82. The lowest BCUT2D eigenvalue weighted by atomic mass is 9.99. The molecule has 0 aromatic carbocycles. The summed E-state index contributed by atoms with van der Waals surface area (Å²) in [4.78, 5) is 0. The molecule has 80 valence electrons. The summed E-state index contributed by atoms with van der Waals surface area (Å²) < 4.78 is 0. The summed E-state index contributed by atoms with van der Waals surface area (Å²) in [6.07, 6.45) is 1.03. The molecule has 0 aromatic heterocycles. The Morgan fingerprint density at radius 1 is 1.46 bits per heavy atom. The van der Waals surface area contributed by atoms with Crippen molar-refractivity contribution in [3.05, 3.63) is 0 Å². The summed E-state index contributed by atoms with van der Waals surface area (Å²) >= 11 is 1.93. The summed E-state index contributed by atoms with van der Waals surface area (Å²) in [5, 5.41) is 12.7. The van der Waals surface area contributed by atoms with Crippen molar-refractivity contribution in [3.8, 4) is 0 Å². The lowest BCUT2D eigenvalue weighted by molar-refractivity contribution is 0.162. The minimum atomic E-state index is -0.101. The molecule has 0 aliphatic heterocycles. The van der Waals surface area contributed by atoms with Crippen molar-refractivity contribution in [1.29, 1.82) is 0 Å². The first kappa shape index (κ1) is 13.3. The Labute approximate surface area is 86.5 Å². The second kappa shape index (κ2) is 6.68. The van der Waals surface area contributed by atoms with E-state index in [9.17, 15) is 5.11 Å². The quantitative estimate of drug-likeness (QED) is 0.622. The van der Waals surface area contributed by atoms with Crippen molar-refractivity contribution in [2.45, 2.75) is 45.7 Å². The van der Waals surface area contributed by atoms with E-state index in [4.69, 9.17) is 0 Å². The van der Waals surface area contributed by atoms with Crippen LogP contribution in [0.3, 0.4) is 0 Å². The molecule has 0 fully saturated rings. The lowest BCUT2D eigenvalue weighted by Gasteiger charge is -2.31. The Balaban J connectivity index is 3.81. The Bertz CT molecular complexity index is 130. The normalized spacial score (nSPS) is 16.2. The van der Waals surface area contributed by atoms with E-state index < -0.39 is 0 Å². The molecule has 2 N–H and O–H groups in total. The molecule has 0 radical (unpaired) electrons. The van der Waals surface area contributed by atoms with Gasteiger partial charge in [-0.05, 0) is 24.9 Å². The van der Waals surface area contributed by atoms with E-state index in [2.05, 4.69) is 33.0 Å². The molecule has 0 aliphatic carbocycles. The number of hydrogen-bond acceptors (Lipinski definition) is 3.